The molecule has 2 aromatic rings. The molecule has 7 nitrogen and oxygen atoms in total. The number of tetrazole rings is 1. The summed E-state index contributed by atoms with van der Waals surface area (Å²) >= 11 is 0. The molecule has 0 fully saturated rings. The number of nitrogens with zero attached hydrogens (tertiary/aromatic N) is 7. The fourth-order valence-electron chi connectivity index (χ4n) is 0.677. The Labute approximate surface area is 61.7 Å². The van der Waals surface area contributed by atoms with Gasteiger partial charge in [-0.3, -0.25) is 0 Å². The maximum absolute atomic E-state index is 3.91. The molecule has 0 radical (unpaired) electrons. The maximum Gasteiger partial charge on any atom is 0.291 e. The van der Waals surface area contributed by atoms with Crippen LogP contribution in [0.4, 0.5) is 0 Å². The minimum Gasteiger partial charge on any atom is -0.223 e. The molecule has 2 rings (SSSR count). The van der Waals surface area contributed by atoms with E-state index in [0.29, 0.717) is 5.95 Å². The lowest BCUT2D eigenvalue weighted by Gasteiger charge is -1.86. The van der Waals surface area contributed by atoms with Crippen molar-refractivity contribution in [1.29, 1.82) is 0 Å². The fourth-order valence-corrected chi connectivity index (χ4v) is 0.677. The minimum atomic E-state index is 0.421. The summed E-state index contributed by atoms with van der Waals surface area (Å²) in [7, 11) is 1.69. The van der Waals surface area contributed by atoms with Crippen molar-refractivity contribution in [3.63, 3.8) is 0 Å². The summed E-state index contributed by atoms with van der Waals surface area (Å²) in [6.45, 7) is 0. The average molecular weight is 151 g/mol. The molecule has 2 aromatic heterocycles. The van der Waals surface area contributed by atoms with Crippen molar-refractivity contribution in [1.82, 2.24) is 35.0 Å². The Morgan fingerprint density at radius 3 is 2.91 bits per heavy atom. The van der Waals surface area contributed by atoms with Gasteiger partial charge in [0, 0.05) is 0 Å². The average Bonchev–Trinajstić information content (AvgIpc) is 2.55. The lowest BCUT2D eigenvalue weighted by Crippen LogP contribution is -1.98. The molecule has 0 saturated heterocycles. The van der Waals surface area contributed by atoms with Crippen LogP contribution in [0.25, 0.3) is 5.95 Å². The zero-order valence-corrected chi connectivity index (χ0v) is 5.79. The van der Waals surface area contributed by atoms with Crippen LogP contribution < -0.4 is 0 Å². The SMILES string of the molecule is Cn1nnc(-n2cncn2)n1. The van der Waals surface area contributed by atoms with Gasteiger partial charge in [0.1, 0.15) is 12.7 Å². The smallest absolute Gasteiger partial charge is 0.223 e. The standard InChI is InChI=1S/C4H5N7/c1-10-8-4(7-9-10)11-3-5-2-6-11/h2-3H,1H3. The third-order valence-corrected chi connectivity index (χ3v) is 1.12. The molecule has 7 heteroatoms. The van der Waals surface area contributed by atoms with E-state index < -0.39 is 0 Å². The monoisotopic (exact) mass is 151 g/mol. The second-order valence-corrected chi connectivity index (χ2v) is 1.92. The van der Waals surface area contributed by atoms with Crippen molar-refractivity contribution in [3.05, 3.63) is 12.7 Å². The van der Waals surface area contributed by atoms with E-state index >= 15 is 0 Å². The first-order valence-corrected chi connectivity index (χ1v) is 2.95. The number of rotatable bonds is 1. The van der Waals surface area contributed by atoms with Gasteiger partial charge in [-0.25, -0.2) is 4.98 Å². The predicted octanol–water partition coefficient (Wildman–Crippen LogP) is -1.21. The van der Waals surface area contributed by atoms with Crippen LogP contribution in [0.3, 0.4) is 0 Å². The number of aryl methyl sites for hydroxylation is 1. The van der Waals surface area contributed by atoms with Crippen LogP contribution in [0.15, 0.2) is 12.7 Å². The molecule has 0 aliphatic carbocycles. The molecule has 0 spiro atoms. The molecule has 0 saturated carbocycles. The summed E-state index contributed by atoms with van der Waals surface area (Å²) in [5.41, 5.74) is 0. The molecule has 0 aromatic carbocycles. The highest BCUT2D eigenvalue weighted by Crippen LogP contribution is 1.90. The normalized spacial score (nSPS) is 10.3. The van der Waals surface area contributed by atoms with E-state index in [9.17, 15) is 0 Å². The Balaban J connectivity index is 2.45. The molecule has 2 heterocycles. The van der Waals surface area contributed by atoms with Crippen molar-refractivity contribution in [2.24, 2.45) is 7.05 Å². The molecule has 0 amide bonds. The Kier molecular flexibility index (Phi) is 1.14. The van der Waals surface area contributed by atoms with Gasteiger partial charge in [0.15, 0.2) is 0 Å². The van der Waals surface area contributed by atoms with Crippen LogP contribution in [0.5, 0.6) is 0 Å². The lowest BCUT2D eigenvalue weighted by atomic mass is 11.0. The van der Waals surface area contributed by atoms with E-state index in [1.807, 2.05) is 0 Å². The van der Waals surface area contributed by atoms with E-state index in [0.717, 1.165) is 0 Å². The Morgan fingerprint density at radius 2 is 2.36 bits per heavy atom. The van der Waals surface area contributed by atoms with Gasteiger partial charge in [0.05, 0.1) is 7.05 Å². The maximum atomic E-state index is 3.91. The zero-order chi connectivity index (χ0) is 7.68. The predicted molar refractivity (Wildman–Crippen MR) is 33.7 cm³/mol. The van der Waals surface area contributed by atoms with Crippen LogP contribution in [0.1, 0.15) is 0 Å². The van der Waals surface area contributed by atoms with E-state index in [2.05, 4.69) is 25.5 Å². The third-order valence-electron chi connectivity index (χ3n) is 1.12. The topological polar surface area (TPSA) is 74.3 Å². The fraction of sp³-hybridized carbons (Fsp3) is 0.250. The Bertz CT molecular complexity index is 333. The Hall–Kier alpha value is -1.79. The zero-order valence-electron chi connectivity index (χ0n) is 5.79. The van der Waals surface area contributed by atoms with E-state index in [4.69, 9.17) is 0 Å². The number of hydrogen-bond acceptors (Lipinski definition) is 5. The van der Waals surface area contributed by atoms with Crippen LogP contribution >= 0.6 is 0 Å². The number of hydrogen-bond donors (Lipinski definition) is 0. The van der Waals surface area contributed by atoms with Gasteiger partial charge in [0.25, 0.3) is 5.95 Å². The molecule has 0 unspecified atom stereocenters. The largest absolute Gasteiger partial charge is 0.291 e. The lowest BCUT2D eigenvalue weighted by molar-refractivity contribution is 0.627. The van der Waals surface area contributed by atoms with Gasteiger partial charge >= 0.3 is 0 Å². The van der Waals surface area contributed by atoms with Gasteiger partial charge in [-0.2, -0.15) is 14.6 Å². The van der Waals surface area contributed by atoms with Crippen LogP contribution in [0, 0.1) is 0 Å². The molecular weight excluding hydrogens is 146 g/mol. The van der Waals surface area contributed by atoms with E-state index in [-0.39, 0.29) is 0 Å². The molecule has 0 bridgehead atoms. The van der Waals surface area contributed by atoms with Crippen molar-refractivity contribution in [3.8, 4) is 5.95 Å². The summed E-state index contributed by atoms with van der Waals surface area (Å²) in [4.78, 5) is 5.10. The Morgan fingerprint density at radius 1 is 1.45 bits per heavy atom. The van der Waals surface area contributed by atoms with Gasteiger partial charge in [-0.15, -0.1) is 5.10 Å². The van der Waals surface area contributed by atoms with Crippen LogP contribution in [-0.4, -0.2) is 35.0 Å². The molecule has 0 aliphatic heterocycles. The van der Waals surface area contributed by atoms with Gasteiger partial charge < -0.3 is 0 Å². The van der Waals surface area contributed by atoms with E-state index in [1.54, 1.807) is 7.05 Å². The molecule has 0 N–H and O–H groups in total. The van der Waals surface area contributed by atoms with Gasteiger partial charge in [-0.05, 0) is 5.21 Å². The summed E-state index contributed by atoms with van der Waals surface area (Å²) in [6.07, 6.45) is 2.92. The van der Waals surface area contributed by atoms with Gasteiger partial charge in [0.2, 0.25) is 0 Å². The highest BCUT2D eigenvalue weighted by atomic mass is 15.6. The summed E-state index contributed by atoms with van der Waals surface area (Å²) in [5.74, 6) is 0.421. The molecular formula is C4H5N7. The molecule has 0 atom stereocenters. The first-order valence-electron chi connectivity index (χ1n) is 2.95. The second kappa shape index (κ2) is 2.11. The first-order chi connectivity index (χ1) is 5.36. The van der Waals surface area contributed by atoms with Crippen molar-refractivity contribution >= 4 is 0 Å². The molecule has 0 aliphatic rings. The van der Waals surface area contributed by atoms with Crippen molar-refractivity contribution < 1.29 is 0 Å². The summed E-state index contributed by atoms with van der Waals surface area (Å²) in [5, 5.41) is 15.1. The highest BCUT2D eigenvalue weighted by molar-refractivity contribution is 4.98. The van der Waals surface area contributed by atoms with E-state index in [1.165, 1.54) is 22.1 Å². The quantitative estimate of drug-likeness (QED) is 0.511. The minimum absolute atomic E-state index is 0.421. The molecule has 11 heavy (non-hydrogen) atoms. The van der Waals surface area contributed by atoms with Crippen LogP contribution in [0.2, 0.25) is 0 Å². The van der Waals surface area contributed by atoms with Crippen molar-refractivity contribution in [2.45, 2.75) is 0 Å². The summed E-state index contributed by atoms with van der Waals surface area (Å²) < 4.78 is 1.44. The summed E-state index contributed by atoms with van der Waals surface area (Å²) in [6, 6.07) is 0. The van der Waals surface area contributed by atoms with Gasteiger partial charge in [-0.1, -0.05) is 5.10 Å². The van der Waals surface area contributed by atoms with Crippen LogP contribution in [-0.2, 0) is 7.05 Å². The highest BCUT2D eigenvalue weighted by Gasteiger charge is 2.01. The molecule has 56 valence electrons. The first kappa shape index (κ1) is 5.96. The third kappa shape index (κ3) is 0.955. The number of aromatic nitrogens is 7. The van der Waals surface area contributed by atoms with Crippen molar-refractivity contribution in [2.75, 3.05) is 0 Å². The second-order valence-electron chi connectivity index (χ2n) is 1.92.